The van der Waals surface area contributed by atoms with Crippen LogP contribution in [0.15, 0.2) is 12.2 Å². The molecule has 0 aromatic rings. The van der Waals surface area contributed by atoms with Crippen LogP contribution in [0.4, 0.5) is 4.79 Å². The fraction of sp³-hybridized carbons (Fsp3) is 0.652. The van der Waals surface area contributed by atoms with Crippen molar-refractivity contribution in [2.45, 2.75) is 74.7 Å². The maximum absolute atomic E-state index is 12.1. The topological polar surface area (TPSA) is 174 Å². The number of unbranched alkanes of at least 4 members (excludes halogenated alkanes) is 2. The van der Waals surface area contributed by atoms with Crippen LogP contribution in [-0.2, 0) is 24.0 Å². The standard InChI is InChI=1S/C23H33N5O7S/c29-17(7-2-1-6-16-21-15(13-36-16)26-23(35)27-21)24-11-4-3-5-14(22(33)34)25-18(30)10-12-28-19(31)8-9-20(28)32/h8-9,14-16,21H,1-7,10-13H2,(H,24,29)(H,25,30)(H,33,34)(H2,26,27,35)/t14-,15+,16-,21+/m1/s1. The van der Waals surface area contributed by atoms with Gasteiger partial charge in [-0.05, 0) is 32.1 Å². The Morgan fingerprint density at radius 2 is 1.78 bits per heavy atom. The van der Waals surface area contributed by atoms with Gasteiger partial charge < -0.3 is 26.4 Å². The lowest BCUT2D eigenvalue weighted by Crippen LogP contribution is -2.42. The number of hydrogen-bond acceptors (Lipinski definition) is 7. The van der Waals surface area contributed by atoms with Gasteiger partial charge in [-0.25, -0.2) is 9.59 Å². The monoisotopic (exact) mass is 523 g/mol. The SMILES string of the molecule is O=C(CCCC[C@H]1SC[C@@H]2NC(=O)N[C@@H]21)NCCCC[C@@H](NC(=O)CCN1C(=O)C=CC1=O)C(=O)O. The predicted molar refractivity (Wildman–Crippen MR) is 131 cm³/mol. The Balaban J connectivity index is 1.21. The van der Waals surface area contributed by atoms with Crippen molar-refractivity contribution in [3.63, 3.8) is 0 Å². The molecule has 0 radical (unpaired) electrons. The normalized spacial score (nSPS) is 23.3. The van der Waals surface area contributed by atoms with Gasteiger partial charge in [-0.15, -0.1) is 0 Å². The highest BCUT2D eigenvalue weighted by Crippen LogP contribution is 2.33. The Bertz CT molecular complexity index is 893. The average molecular weight is 524 g/mol. The molecule has 0 saturated carbocycles. The fourth-order valence-corrected chi connectivity index (χ4v) is 6.00. The first-order valence-corrected chi connectivity index (χ1v) is 13.3. The Kier molecular flexibility index (Phi) is 10.1. The lowest BCUT2D eigenvalue weighted by molar-refractivity contribution is -0.143. The zero-order valence-corrected chi connectivity index (χ0v) is 20.8. The summed E-state index contributed by atoms with van der Waals surface area (Å²) in [4.78, 5) is 70.9. The molecule has 2 saturated heterocycles. The molecule has 0 aliphatic carbocycles. The summed E-state index contributed by atoms with van der Waals surface area (Å²) in [5.41, 5.74) is 0. The molecule has 0 unspecified atom stereocenters. The Morgan fingerprint density at radius 1 is 1.03 bits per heavy atom. The van der Waals surface area contributed by atoms with Crippen molar-refractivity contribution >= 4 is 47.4 Å². The van der Waals surface area contributed by atoms with Crippen molar-refractivity contribution in [2.75, 3.05) is 18.8 Å². The van der Waals surface area contributed by atoms with Gasteiger partial charge in [0.25, 0.3) is 11.8 Å². The first-order valence-electron chi connectivity index (χ1n) is 12.3. The molecule has 3 heterocycles. The molecule has 13 heteroatoms. The largest absolute Gasteiger partial charge is 0.480 e. The molecule has 198 valence electrons. The number of thioether (sulfide) groups is 1. The van der Waals surface area contributed by atoms with Gasteiger partial charge in [-0.1, -0.05) is 6.42 Å². The van der Waals surface area contributed by atoms with E-state index in [0.717, 1.165) is 42.1 Å². The first-order chi connectivity index (χ1) is 17.2. The van der Waals surface area contributed by atoms with Crippen LogP contribution >= 0.6 is 11.8 Å². The lowest BCUT2D eigenvalue weighted by Gasteiger charge is -2.17. The minimum absolute atomic E-state index is 0.0497. The van der Waals surface area contributed by atoms with E-state index in [-0.39, 0.29) is 43.4 Å². The number of carboxylic acid groups (broad SMARTS) is 1. The number of carbonyl (C=O) groups excluding carboxylic acids is 5. The van der Waals surface area contributed by atoms with E-state index >= 15 is 0 Å². The van der Waals surface area contributed by atoms with Crippen molar-refractivity contribution in [3.05, 3.63) is 12.2 Å². The van der Waals surface area contributed by atoms with Crippen molar-refractivity contribution in [2.24, 2.45) is 0 Å². The number of rotatable bonds is 15. The summed E-state index contributed by atoms with van der Waals surface area (Å²) in [5.74, 6) is -1.84. The molecule has 12 nitrogen and oxygen atoms in total. The molecule has 0 aromatic heterocycles. The van der Waals surface area contributed by atoms with Crippen LogP contribution in [0.5, 0.6) is 0 Å². The van der Waals surface area contributed by atoms with E-state index in [1.54, 1.807) is 0 Å². The smallest absolute Gasteiger partial charge is 0.326 e. The van der Waals surface area contributed by atoms with Crippen LogP contribution in [-0.4, -0.2) is 87.9 Å². The highest BCUT2D eigenvalue weighted by atomic mass is 32.2. The molecule has 2 fully saturated rings. The second-order valence-corrected chi connectivity index (χ2v) is 10.4. The number of nitrogens with one attached hydrogen (secondary N) is 4. The van der Waals surface area contributed by atoms with Gasteiger partial charge in [-0.3, -0.25) is 24.1 Å². The Labute approximate surface area is 213 Å². The third-order valence-electron chi connectivity index (χ3n) is 6.42. The third-order valence-corrected chi connectivity index (χ3v) is 7.93. The highest BCUT2D eigenvalue weighted by molar-refractivity contribution is 8.00. The maximum atomic E-state index is 12.1. The van der Waals surface area contributed by atoms with Gasteiger partial charge in [0.1, 0.15) is 6.04 Å². The van der Waals surface area contributed by atoms with Crippen LogP contribution in [0.3, 0.4) is 0 Å². The summed E-state index contributed by atoms with van der Waals surface area (Å²) in [6.07, 6.45) is 6.37. The van der Waals surface area contributed by atoms with Crippen LogP contribution in [0, 0.1) is 0 Å². The summed E-state index contributed by atoms with van der Waals surface area (Å²) in [6, 6.07) is -0.804. The van der Waals surface area contributed by atoms with Gasteiger partial charge in [0.15, 0.2) is 0 Å². The van der Waals surface area contributed by atoms with Crippen molar-refractivity contribution < 1.29 is 33.9 Å². The highest BCUT2D eigenvalue weighted by Gasteiger charge is 2.42. The van der Waals surface area contributed by atoms with Crippen LogP contribution in [0.1, 0.15) is 51.4 Å². The quantitative estimate of drug-likeness (QED) is 0.112. The molecule has 3 aliphatic heterocycles. The number of fused-ring (bicyclic) bond motifs is 1. The van der Waals surface area contributed by atoms with Gasteiger partial charge in [0.2, 0.25) is 11.8 Å². The third kappa shape index (κ3) is 7.97. The predicted octanol–water partition coefficient (Wildman–Crippen LogP) is -0.117. The van der Waals surface area contributed by atoms with Gasteiger partial charge >= 0.3 is 12.0 Å². The minimum atomic E-state index is -1.16. The molecule has 0 spiro atoms. The van der Waals surface area contributed by atoms with E-state index in [2.05, 4.69) is 21.3 Å². The summed E-state index contributed by atoms with van der Waals surface area (Å²) in [6.45, 7) is 0.314. The maximum Gasteiger partial charge on any atom is 0.326 e. The molecule has 0 bridgehead atoms. The van der Waals surface area contributed by atoms with Gasteiger partial charge in [0, 0.05) is 49.1 Å². The lowest BCUT2D eigenvalue weighted by atomic mass is 10.0. The number of amides is 6. The number of nitrogens with zero attached hydrogens (tertiary/aromatic N) is 1. The second kappa shape index (κ2) is 13.3. The molecule has 36 heavy (non-hydrogen) atoms. The number of urea groups is 1. The zero-order valence-electron chi connectivity index (χ0n) is 20.0. The van der Waals surface area contributed by atoms with Gasteiger partial charge in [0.05, 0.1) is 12.1 Å². The minimum Gasteiger partial charge on any atom is -0.480 e. The summed E-state index contributed by atoms with van der Waals surface area (Å²) < 4.78 is 0. The first kappa shape index (κ1) is 27.5. The molecule has 5 N–H and O–H groups in total. The zero-order chi connectivity index (χ0) is 26.1. The van der Waals surface area contributed by atoms with Crippen molar-refractivity contribution in [1.29, 1.82) is 0 Å². The van der Waals surface area contributed by atoms with Crippen molar-refractivity contribution in [3.8, 4) is 0 Å². The number of carbonyl (C=O) groups is 6. The second-order valence-electron chi connectivity index (χ2n) is 9.08. The molecular weight excluding hydrogens is 490 g/mol. The van der Waals surface area contributed by atoms with E-state index in [4.69, 9.17) is 0 Å². The van der Waals surface area contributed by atoms with E-state index in [0.29, 0.717) is 31.1 Å². The molecule has 3 aliphatic rings. The van der Waals surface area contributed by atoms with Crippen molar-refractivity contribution in [1.82, 2.24) is 26.2 Å². The molecule has 0 aromatic carbocycles. The van der Waals surface area contributed by atoms with Crippen LogP contribution in [0.25, 0.3) is 0 Å². The number of hydrogen-bond donors (Lipinski definition) is 5. The summed E-state index contributed by atoms with van der Waals surface area (Å²) in [7, 11) is 0. The van der Waals surface area contributed by atoms with Crippen LogP contribution < -0.4 is 21.3 Å². The number of carboxylic acids is 1. The fourth-order valence-electron chi connectivity index (χ4n) is 4.45. The number of aliphatic carboxylic acids is 1. The molecule has 3 rings (SSSR count). The van der Waals surface area contributed by atoms with Crippen LogP contribution in [0.2, 0.25) is 0 Å². The molecular formula is C23H33N5O7S. The van der Waals surface area contributed by atoms with E-state index < -0.39 is 29.7 Å². The summed E-state index contributed by atoms with van der Waals surface area (Å²) >= 11 is 1.85. The summed E-state index contributed by atoms with van der Waals surface area (Å²) in [5, 5.41) is 20.9. The number of imide groups is 1. The molecule has 4 atom stereocenters. The average Bonchev–Trinajstić information content (AvgIpc) is 3.48. The Morgan fingerprint density at radius 3 is 2.50 bits per heavy atom. The van der Waals surface area contributed by atoms with E-state index in [1.807, 2.05) is 11.8 Å². The van der Waals surface area contributed by atoms with E-state index in [9.17, 15) is 33.9 Å². The molecule has 6 amide bonds. The van der Waals surface area contributed by atoms with E-state index in [1.165, 1.54) is 0 Å². The van der Waals surface area contributed by atoms with Gasteiger partial charge in [-0.2, -0.15) is 11.8 Å². The Hall–Kier alpha value is -3.09.